The highest BCUT2D eigenvalue weighted by molar-refractivity contribution is 7.15. The maximum atomic E-state index is 9.06. The summed E-state index contributed by atoms with van der Waals surface area (Å²) in [6, 6.07) is 12.8. The van der Waals surface area contributed by atoms with Crippen molar-refractivity contribution in [2.75, 3.05) is 0 Å². The van der Waals surface area contributed by atoms with Gasteiger partial charge in [-0.05, 0) is 28.7 Å². The lowest BCUT2D eigenvalue weighted by atomic mass is 9.86. The predicted octanol–water partition coefficient (Wildman–Crippen LogP) is 4.20. The van der Waals surface area contributed by atoms with Gasteiger partial charge in [0.25, 0.3) is 0 Å². The van der Waals surface area contributed by atoms with Crippen LogP contribution in [-0.2, 0) is 12.0 Å². The molecule has 0 aliphatic heterocycles. The van der Waals surface area contributed by atoms with Gasteiger partial charge in [0.2, 0.25) is 0 Å². The van der Waals surface area contributed by atoms with Gasteiger partial charge < -0.3 is 5.11 Å². The quantitative estimate of drug-likeness (QED) is 0.841. The number of hydrogen-bond donors (Lipinski definition) is 1. The van der Waals surface area contributed by atoms with Gasteiger partial charge in [0, 0.05) is 9.75 Å². The molecule has 1 nitrogen and oxygen atoms in total. The Labute approximate surface area is 107 Å². The first kappa shape index (κ1) is 12.3. The molecule has 1 heterocycles. The summed E-state index contributed by atoms with van der Waals surface area (Å²) < 4.78 is 0. The second-order valence-corrected chi connectivity index (χ2v) is 6.42. The zero-order chi connectivity index (χ0) is 12.5. The molecule has 0 radical (unpaired) electrons. The van der Waals surface area contributed by atoms with Crippen molar-refractivity contribution in [3.8, 4) is 10.4 Å². The third-order valence-corrected chi connectivity index (χ3v) is 3.97. The summed E-state index contributed by atoms with van der Waals surface area (Å²) >= 11 is 1.65. The van der Waals surface area contributed by atoms with Crippen molar-refractivity contribution in [3.05, 3.63) is 46.8 Å². The lowest BCUT2D eigenvalue weighted by Crippen LogP contribution is -2.10. The molecule has 0 atom stereocenters. The number of aliphatic hydroxyl groups is 1. The first-order valence-electron chi connectivity index (χ1n) is 5.81. The normalized spacial score (nSPS) is 11.8. The van der Waals surface area contributed by atoms with E-state index in [1.54, 1.807) is 11.3 Å². The van der Waals surface area contributed by atoms with Crippen molar-refractivity contribution < 1.29 is 5.11 Å². The Morgan fingerprint density at radius 1 is 1.00 bits per heavy atom. The van der Waals surface area contributed by atoms with E-state index in [0.717, 1.165) is 4.88 Å². The lowest BCUT2D eigenvalue weighted by molar-refractivity contribution is 0.285. The van der Waals surface area contributed by atoms with E-state index in [2.05, 4.69) is 51.1 Å². The van der Waals surface area contributed by atoms with Crippen LogP contribution in [0, 0.1) is 0 Å². The Morgan fingerprint density at radius 2 is 1.65 bits per heavy atom. The Kier molecular flexibility index (Phi) is 3.36. The standard InChI is InChI=1S/C15H18OS/c1-15(2,3)12-6-4-11(5-7-12)14-9-8-13(10-16)17-14/h4-9,16H,10H2,1-3H3. The molecule has 0 fully saturated rings. The first-order chi connectivity index (χ1) is 8.00. The molecule has 2 heteroatoms. The monoisotopic (exact) mass is 246 g/mol. The molecule has 1 N–H and O–H groups in total. The summed E-state index contributed by atoms with van der Waals surface area (Å²) in [6.07, 6.45) is 0. The topological polar surface area (TPSA) is 20.2 Å². The van der Waals surface area contributed by atoms with Gasteiger partial charge in [-0.1, -0.05) is 45.0 Å². The zero-order valence-corrected chi connectivity index (χ0v) is 11.3. The second-order valence-electron chi connectivity index (χ2n) is 5.25. The maximum absolute atomic E-state index is 9.06. The average Bonchev–Trinajstić information content (AvgIpc) is 2.76. The molecule has 0 spiro atoms. The molecule has 0 bridgehead atoms. The molecule has 0 unspecified atom stereocenters. The van der Waals surface area contributed by atoms with Crippen LogP contribution in [0.2, 0.25) is 0 Å². The van der Waals surface area contributed by atoms with Crippen LogP contribution in [0.25, 0.3) is 10.4 Å². The van der Waals surface area contributed by atoms with Crippen LogP contribution in [0.3, 0.4) is 0 Å². The minimum atomic E-state index is 0.130. The fourth-order valence-electron chi connectivity index (χ4n) is 1.75. The van der Waals surface area contributed by atoms with E-state index >= 15 is 0 Å². The van der Waals surface area contributed by atoms with E-state index in [1.807, 2.05) is 6.07 Å². The van der Waals surface area contributed by atoms with Crippen LogP contribution in [0.1, 0.15) is 31.2 Å². The number of thiophene rings is 1. The smallest absolute Gasteiger partial charge is 0.0774 e. The Hall–Kier alpha value is -1.12. The summed E-state index contributed by atoms with van der Waals surface area (Å²) in [4.78, 5) is 2.23. The Balaban J connectivity index is 2.29. The van der Waals surface area contributed by atoms with E-state index in [1.165, 1.54) is 16.0 Å². The molecule has 0 saturated carbocycles. The SMILES string of the molecule is CC(C)(C)c1ccc(-c2ccc(CO)s2)cc1. The van der Waals surface area contributed by atoms with Crippen molar-refractivity contribution in [1.82, 2.24) is 0 Å². The number of aliphatic hydroxyl groups excluding tert-OH is 1. The van der Waals surface area contributed by atoms with Crippen LogP contribution in [0.15, 0.2) is 36.4 Å². The third kappa shape index (κ3) is 2.76. The predicted molar refractivity (Wildman–Crippen MR) is 74.4 cm³/mol. The second kappa shape index (κ2) is 4.63. The first-order valence-corrected chi connectivity index (χ1v) is 6.63. The molecule has 0 aliphatic rings. The molecule has 0 amide bonds. The van der Waals surface area contributed by atoms with Crippen LogP contribution < -0.4 is 0 Å². The zero-order valence-electron chi connectivity index (χ0n) is 10.5. The van der Waals surface area contributed by atoms with Gasteiger partial charge in [-0.25, -0.2) is 0 Å². The number of rotatable bonds is 2. The van der Waals surface area contributed by atoms with E-state index in [-0.39, 0.29) is 12.0 Å². The summed E-state index contributed by atoms with van der Waals surface area (Å²) in [5.41, 5.74) is 2.77. The molecule has 17 heavy (non-hydrogen) atoms. The summed E-state index contributed by atoms with van der Waals surface area (Å²) in [5, 5.41) is 9.06. The highest BCUT2D eigenvalue weighted by atomic mass is 32.1. The van der Waals surface area contributed by atoms with Gasteiger partial charge in [0.05, 0.1) is 6.61 Å². The fourth-order valence-corrected chi connectivity index (χ4v) is 2.63. The van der Waals surface area contributed by atoms with Crippen molar-refractivity contribution in [2.24, 2.45) is 0 Å². The molecular formula is C15H18OS. The van der Waals surface area contributed by atoms with Crippen molar-refractivity contribution in [3.63, 3.8) is 0 Å². The van der Waals surface area contributed by atoms with Crippen LogP contribution in [0.5, 0.6) is 0 Å². The molecule has 1 aromatic carbocycles. The van der Waals surface area contributed by atoms with Gasteiger partial charge >= 0.3 is 0 Å². The van der Waals surface area contributed by atoms with Gasteiger partial charge in [0.1, 0.15) is 0 Å². The molecular weight excluding hydrogens is 228 g/mol. The minimum Gasteiger partial charge on any atom is -0.391 e. The Morgan fingerprint density at radius 3 is 2.12 bits per heavy atom. The van der Waals surface area contributed by atoms with E-state index in [4.69, 9.17) is 5.11 Å². The number of benzene rings is 1. The van der Waals surface area contributed by atoms with Crippen molar-refractivity contribution >= 4 is 11.3 Å². The van der Waals surface area contributed by atoms with Crippen LogP contribution >= 0.6 is 11.3 Å². The largest absolute Gasteiger partial charge is 0.391 e. The molecule has 0 saturated heterocycles. The molecule has 2 aromatic rings. The van der Waals surface area contributed by atoms with Gasteiger partial charge in [-0.15, -0.1) is 11.3 Å². The molecule has 0 aliphatic carbocycles. The minimum absolute atomic E-state index is 0.130. The summed E-state index contributed by atoms with van der Waals surface area (Å²) in [6.45, 7) is 6.79. The maximum Gasteiger partial charge on any atom is 0.0774 e. The van der Waals surface area contributed by atoms with Crippen molar-refractivity contribution in [1.29, 1.82) is 0 Å². The molecule has 2 rings (SSSR count). The van der Waals surface area contributed by atoms with Gasteiger partial charge in [0.15, 0.2) is 0 Å². The summed E-state index contributed by atoms with van der Waals surface area (Å²) in [7, 11) is 0. The summed E-state index contributed by atoms with van der Waals surface area (Å²) in [5.74, 6) is 0. The van der Waals surface area contributed by atoms with Gasteiger partial charge in [-0.2, -0.15) is 0 Å². The molecule has 1 aromatic heterocycles. The molecule has 90 valence electrons. The average molecular weight is 246 g/mol. The number of hydrogen-bond acceptors (Lipinski definition) is 2. The highest BCUT2D eigenvalue weighted by Crippen LogP contribution is 2.30. The van der Waals surface area contributed by atoms with E-state index in [0.29, 0.717) is 0 Å². The highest BCUT2D eigenvalue weighted by Gasteiger charge is 2.13. The van der Waals surface area contributed by atoms with Gasteiger partial charge in [-0.3, -0.25) is 0 Å². The Bertz CT molecular complexity index is 488. The fraction of sp³-hybridized carbons (Fsp3) is 0.333. The third-order valence-electron chi connectivity index (χ3n) is 2.85. The van der Waals surface area contributed by atoms with E-state index in [9.17, 15) is 0 Å². The van der Waals surface area contributed by atoms with E-state index < -0.39 is 0 Å². The lowest BCUT2D eigenvalue weighted by Gasteiger charge is -2.18. The van der Waals surface area contributed by atoms with Crippen molar-refractivity contribution in [2.45, 2.75) is 32.8 Å². The van der Waals surface area contributed by atoms with Crippen LogP contribution in [0.4, 0.5) is 0 Å². The van der Waals surface area contributed by atoms with Crippen LogP contribution in [-0.4, -0.2) is 5.11 Å².